The smallest absolute Gasteiger partial charge is 0.189 e. The molecule has 0 aromatic heterocycles. The molecule has 2 N–H and O–H groups in total. The van der Waals surface area contributed by atoms with Crippen molar-refractivity contribution in [2.75, 3.05) is 0 Å². The Labute approximate surface area is 108 Å². The number of allylic oxidation sites excluding steroid dienone is 4. The SMILES string of the molecule is C/C=C1\C[C@@](C)(CC)C(C#N)(C#N)C(N)=C1C#N. The van der Waals surface area contributed by atoms with E-state index in [1.54, 1.807) is 0 Å². The first-order valence-electron chi connectivity index (χ1n) is 5.84. The van der Waals surface area contributed by atoms with E-state index < -0.39 is 10.8 Å². The third-order valence-electron chi connectivity index (χ3n) is 4.06. The maximum absolute atomic E-state index is 9.44. The van der Waals surface area contributed by atoms with E-state index in [1.165, 1.54) is 0 Å². The van der Waals surface area contributed by atoms with Gasteiger partial charge in [0.05, 0.1) is 23.4 Å². The lowest BCUT2D eigenvalue weighted by Crippen LogP contribution is -2.45. The second kappa shape index (κ2) is 4.55. The van der Waals surface area contributed by atoms with Gasteiger partial charge in [-0.1, -0.05) is 19.9 Å². The van der Waals surface area contributed by atoms with Gasteiger partial charge >= 0.3 is 0 Å². The minimum Gasteiger partial charge on any atom is -0.399 e. The topological polar surface area (TPSA) is 97.4 Å². The maximum Gasteiger partial charge on any atom is 0.189 e. The van der Waals surface area contributed by atoms with E-state index in [2.05, 4.69) is 0 Å². The van der Waals surface area contributed by atoms with Crippen LogP contribution >= 0.6 is 0 Å². The molecular weight excluding hydrogens is 224 g/mol. The van der Waals surface area contributed by atoms with Gasteiger partial charge in [0.2, 0.25) is 0 Å². The summed E-state index contributed by atoms with van der Waals surface area (Å²) in [6.07, 6.45) is 2.99. The van der Waals surface area contributed by atoms with Crippen LogP contribution in [-0.2, 0) is 0 Å². The Bertz CT molecular complexity index is 534. The van der Waals surface area contributed by atoms with Gasteiger partial charge in [0.25, 0.3) is 0 Å². The molecule has 0 spiro atoms. The van der Waals surface area contributed by atoms with Crippen LogP contribution in [0.1, 0.15) is 33.6 Å². The summed E-state index contributed by atoms with van der Waals surface area (Å²) in [7, 11) is 0. The van der Waals surface area contributed by atoms with Gasteiger partial charge in [0.15, 0.2) is 5.41 Å². The summed E-state index contributed by atoms with van der Waals surface area (Å²) >= 11 is 0. The Morgan fingerprint density at radius 2 is 1.89 bits per heavy atom. The minimum atomic E-state index is -1.42. The highest BCUT2D eigenvalue weighted by Crippen LogP contribution is 2.54. The molecule has 1 aliphatic rings. The van der Waals surface area contributed by atoms with Crippen LogP contribution in [0.5, 0.6) is 0 Å². The Balaban J connectivity index is 3.73. The molecule has 4 heteroatoms. The Hall–Kier alpha value is -2.25. The molecule has 0 saturated heterocycles. The normalized spacial score (nSPS) is 28.3. The van der Waals surface area contributed by atoms with Crippen LogP contribution in [0.25, 0.3) is 0 Å². The zero-order chi connectivity index (χ0) is 14.0. The van der Waals surface area contributed by atoms with Gasteiger partial charge in [-0.2, -0.15) is 15.8 Å². The molecule has 1 rings (SSSR count). The zero-order valence-electron chi connectivity index (χ0n) is 10.9. The Kier molecular flexibility index (Phi) is 3.49. The van der Waals surface area contributed by atoms with Gasteiger partial charge < -0.3 is 5.73 Å². The molecule has 0 saturated carbocycles. The average Bonchev–Trinajstić information content (AvgIpc) is 2.39. The van der Waals surface area contributed by atoms with Gasteiger partial charge in [0.1, 0.15) is 6.07 Å². The van der Waals surface area contributed by atoms with Gasteiger partial charge in [-0.25, -0.2) is 0 Å². The molecule has 4 nitrogen and oxygen atoms in total. The molecule has 92 valence electrons. The van der Waals surface area contributed by atoms with Gasteiger partial charge in [-0.3, -0.25) is 0 Å². The highest BCUT2D eigenvalue weighted by Gasteiger charge is 2.54. The molecule has 0 radical (unpaired) electrons. The highest BCUT2D eigenvalue weighted by atomic mass is 14.7. The largest absolute Gasteiger partial charge is 0.399 e. The molecule has 1 aliphatic carbocycles. The number of nitriles is 3. The molecule has 0 unspecified atom stereocenters. The van der Waals surface area contributed by atoms with Crippen molar-refractivity contribution in [2.24, 2.45) is 16.6 Å². The van der Waals surface area contributed by atoms with E-state index in [4.69, 9.17) is 5.73 Å². The van der Waals surface area contributed by atoms with Crippen molar-refractivity contribution in [2.45, 2.75) is 33.6 Å². The fourth-order valence-corrected chi connectivity index (χ4v) is 2.51. The molecule has 1 atom stereocenters. The average molecular weight is 240 g/mol. The highest BCUT2D eigenvalue weighted by molar-refractivity contribution is 5.55. The van der Waals surface area contributed by atoms with E-state index >= 15 is 0 Å². The van der Waals surface area contributed by atoms with E-state index in [-0.39, 0.29) is 11.3 Å². The monoisotopic (exact) mass is 240 g/mol. The quantitative estimate of drug-likeness (QED) is 0.761. The fraction of sp³-hybridized carbons (Fsp3) is 0.500. The predicted molar refractivity (Wildman–Crippen MR) is 67.3 cm³/mol. The van der Waals surface area contributed by atoms with Crippen LogP contribution in [0, 0.1) is 44.8 Å². The predicted octanol–water partition coefficient (Wildman–Crippen LogP) is 2.52. The molecule has 0 bridgehead atoms. The molecule has 0 aromatic rings. The van der Waals surface area contributed by atoms with Crippen LogP contribution in [0.15, 0.2) is 22.9 Å². The molecular formula is C14H16N4. The number of rotatable bonds is 1. The number of hydrogen-bond donors (Lipinski definition) is 1. The van der Waals surface area contributed by atoms with E-state index in [0.29, 0.717) is 12.8 Å². The lowest BCUT2D eigenvalue weighted by atomic mass is 9.56. The third kappa shape index (κ3) is 1.49. The van der Waals surface area contributed by atoms with Crippen LogP contribution in [0.3, 0.4) is 0 Å². The lowest BCUT2D eigenvalue weighted by Gasteiger charge is -2.43. The maximum atomic E-state index is 9.44. The van der Waals surface area contributed by atoms with Crippen molar-refractivity contribution in [3.05, 3.63) is 22.9 Å². The van der Waals surface area contributed by atoms with Crippen LogP contribution < -0.4 is 5.73 Å². The lowest BCUT2D eigenvalue weighted by molar-refractivity contribution is 0.180. The fourth-order valence-electron chi connectivity index (χ4n) is 2.51. The van der Waals surface area contributed by atoms with Gasteiger partial charge in [-0.05, 0) is 25.3 Å². The first kappa shape index (κ1) is 13.8. The van der Waals surface area contributed by atoms with E-state index in [0.717, 1.165) is 5.57 Å². The zero-order valence-corrected chi connectivity index (χ0v) is 10.9. The summed E-state index contributed by atoms with van der Waals surface area (Å²) in [5.74, 6) is 0. The van der Waals surface area contributed by atoms with Crippen molar-refractivity contribution in [3.8, 4) is 18.2 Å². The number of hydrogen-bond acceptors (Lipinski definition) is 4. The first-order chi connectivity index (χ1) is 8.46. The molecule has 18 heavy (non-hydrogen) atoms. The number of nitrogens with zero attached hydrogens (tertiary/aromatic N) is 3. The molecule has 0 fully saturated rings. The third-order valence-corrected chi connectivity index (χ3v) is 4.06. The van der Waals surface area contributed by atoms with Crippen LogP contribution in [0.4, 0.5) is 0 Å². The van der Waals surface area contributed by atoms with E-state index in [9.17, 15) is 15.8 Å². The molecule has 0 aromatic carbocycles. The van der Waals surface area contributed by atoms with Crippen molar-refractivity contribution in [1.82, 2.24) is 0 Å². The number of nitrogens with two attached hydrogens (primary N) is 1. The summed E-state index contributed by atoms with van der Waals surface area (Å²) in [6, 6.07) is 6.11. The van der Waals surface area contributed by atoms with Gasteiger partial charge in [-0.15, -0.1) is 0 Å². The summed E-state index contributed by atoms with van der Waals surface area (Å²) in [4.78, 5) is 0. The van der Waals surface area contributed by atoms with Crippen LogP contribution in [-0.4, -0.2) is 0 Å². The van der Waals surface area contributed by atoms with Crippen molar-refractivity contribution in [3.63, 3.8) is 0 Å². The summed E-state index contributed by atoms with van der Waals surface area (Å²) in [6.45, 7) is 5.65. The molecule has 0 amide bonds. The second-order valence-corrected chi connectivity index (χ2v) is 4.78. The first-order valence-corrected chi connectivity index (χ1v) is 5.84. The Morgan fingerprint density at radius 3 is 2.22 bits per heavy atom. The van der Waals surface area contributed by atoms with Crippen LogP contribution in [0.2, 0.25) is 0 Å². The van der Waals surface area contributed by atoms with E-state index in [1.807, 2.05) is 45.1 Å². The molecule has 0 heterocycles. The van der Waals surface area contributed by atoms with Crippen molar-refractivity contribution in [1.29, 1.82) is 15.8 Å². The molecule has 0 aliphatic heterocycles. The van der Waals surface area contributed by atoms with Crippen molar-refractivity contribution < 1.29 is 0 Å². The van der Waals surface area contributed by atoms with Crippen molar-refractivity contribution >= 4 is 0 Å². The summed E-state index contributed by atoms with van der Waals surface area (Å²) < 4.78 is 0. The van der Waals surface area contributed by atoms with Gasteiger partial charge in [0, 0.05) is 5.41 Å². The Morgan fingerprint density at radius 1 is 1.33 bits per heavy atom. The summed E-state index contributed by atoms with van der Waals surface area (Å²) in [5, 5.41) is 28.1. The minimum absolute atomic E-state index is 0.0960. The summed E-state index contributed by atoms with van der Waals surface area (Å²) in [5.41, 5.74) is 5.19. The second-order valence-electron chi connectivity index (χ2n) is 4.78. The standard InChI is InChI=1S/C14H16N4/c1-4-10-6-13(3,5-2)14(8-16,9-17)12(18)11(10)7-15/h4H,5-6,18H2,1-3H3/b10-4+/t13-/m1/s1.